The second-order valence-corrected chi connectivity index (χ2v) is 3.55. The third-order valence-corrected chi connectivity index (χ3v) is 2.36. The molecule has 0 saturated carbocycles. The lowest BCUT2D eigenvalue weighted by Crippen LogP contribution is -1.84. The Morgan fingerprint density at radius 2 is 2.28 bits per heavy atom. The Labute approximate surface area is 102 Å². The fourth-order valence-corrected chi connectivity index (χ4v) is 1.51. The molecule has 0 aliphatic rings. The molecule has 0 amide bonds. The minimum Gasteiger partial charge on any atom is -0.356 e. The molecule has 3 aromatic rings. The van der Waals surface area contributed by atoms with Crippen LogP contribution in [0.5, 0.6) is 0 Å². The molecule has 1 N–H and O–H groups in total. The molecule has 0 radical (unpaired) electrons. The van der Waals surface area contributed by atoms with Crippen molar-refractivity contribution in [3.63, 3.8) is 0 Å². The Kier molecular flexibility index (Phi) is 2.35. The van der Waals surface area contributed by atoms with Crippen LogP contribution in [-0.2, 0) is 0 Å². The Hall–Kier alpha value is -2.94. The molecule has 0 atom stereocenters. The SMILES string of the molecule is N#Cc1c[nH]c(-c2nc(-c3ccccn3)no2)c1. The van der Waals surface area contributed by atoms with Gasteiger partial charge in [-0.3, -0.25) is 4.98 Å². The number of aromatic nitrogens is 4. The highest BCUT2D eigenvalue weighted by Crippen LogP contribution is 2.20. The van der Waals surface area contributed by atoms with Gasteiger partial charge in [0.2, 0.25) is 5.82 Å². The standard InChI is InChI=1S/C12H7N5O/c13-6-8-5-10(15-7-8)12-16-11(17-18-12)9-3-1-2-4-14-9/h1-5,7,15H. The highest BCUT2D eigenvalue weighted by Gasteiger charge is 2.12. The lowest BCUT2D eigenvalue weighted by molar-refractivity contribution is 0.431. The molecule has 0 aromatic carbocycles. The van der Waals surface area contributed by atoms with E-state index in [-0.39, 0.29) is 0 Å². The summed E-state index contributed by atoms with van der Waals surface area (Å²) in [5, 5.41) is 12.6. The lowest BCUT2D eigenvalue weighted by atomic mass is 10.3. The third kappa shape index (κ3) is 1.74. The first-order valence-electron chi connectivity index (χ1n) is 5.21. The minimum absolute atomic E-state index is 0.331. The quantitative estimate of drug-likeness (QED) is 0.735. The van der Waals surface area contributed by atoms with E-state index in [1.807, 2.05) is 18.2 Å². The van der Waals surface area contributed by atoms with E-state index >= 15 is 0 Å². The zero-order chi connectivity index (χ0) is 12.4. The smallest absolute Gasteiger partial charge is 0.274 e. The van der Waals surface area contributed by atoms with Crippen LogP contribution in [0.25, 0.3) is 23.1 Å². The molecule has 6 nitrogen and oxygen atoms in total. The van der Waals surface area contributed by atoms with Gasteiger partial charge in [0.05, 0.1) is 5.56 Å². The minimum atomic E-state index is 0.331. The van der Waals surface area contributed by atoms with E-state index in [1.54, 1.807) is 24.5 Å². The maximum atomic E-state index is 8.73. The Bertz CT molecular complexity index is 707. The van der Waals surface area contributed by atoms with Gasteiger partial charge in [-0.15, -0.1) is 0 Å². The van der Waals surface area contributed by atoms with Crippen LogP contribution in [0.2, 0.25) is 0 Å². The molecule has 86 valence electrons. The van der Waals surface area contributed by atoms with Crippen molar-refractivity contribution in [1.29, 1.82) is 5.26 Å². The number of nitriles is 1. The summed E-state index contributed by atoms with van der Waals surface area (Å²) in [6.45, 7) is 0. The van der Waals surface area contributed by atoms with Gasteiger partial charge in [0, 0.05) is 12.4 Å². The highest BCUT2D eigenvalue weighted by atomic mass is 16.5. The maximum absolute atomic E-state index is 8.73. The fraction of sp³-hybridized carbons (Fsp3) is 0. The van der Waals surface area contributed by atoms with Crippen molar-refractivity contribution < 1.29 is 4.52 Å². The molecule has 0 aliphatic carbocycles. The van der Waals surface area contributed by atoms with Crippen LogP contribution >= 0.6 is 0 Å². The second kappa shape index (κ2) is 4.14. The summed E-state index contributed by atoms with van der Waals surface area (Å²) in [7, 11) is 0. The molecule has 0 unspecified atom stereocenters. The lowest BCUT2D eigenvalue weighted by Gasteiger charge is -1.89. The molecule has 3 heterocycles. The monoisotopic (exact) mass is 237 g/mol. The summed E-state index contributed by atoms with van der Waals surface area (Å²) in [6, 6.07) is 9.13. The molecular weight excluding hydrogens is 230 g/mol. The van der Waals surface area contributed by atoms with E-state index in [9.17, 15) is 0 Å². The average Bonchev–Trinajstić information content (AvgIpc) is 3.08. The molecule has 6 heteroatoms. The zero-order valence-corrected chi connectivity index (χ0v) is 9.16. The first kappa shape index (κ1) is 10.2. The number of pyridine rings is 1. The van der Waals surface area contributed by atoms with Crippen molar-refractivity contribution in [2.24, 2.45) is 0 Å². The molecule has 0 bridgehead atoms. The van der Waals surface area contributed by atoms with E-state index < -0.39 is 0 Å². The van der Waals surface area contributed by atoms with Crippen LogP contribution in [0.4, 0.5) is 0 Å². The summed E-state index contributed by atoms with van der Waals surface area (Å²) in [4.78, 5) is 11.2. The molecular formula is C12H7N5O. The third-order valence-electron chi connectivity index (χ3n) is 2.36. The predicted molar refractivity (Wildman–Crippen MR) is 62.0 cm³/mol. The second-order valence-electron chi connectivity index (χ2n) is 3.55. The highest BCUT2D eigenvalue weighted by molar-refractivity contribution is 5.56. The number of hydrogen-bond acceptors (Lipinski definition) is 5. The van der Waals surface area contributed by atoms with E-state index in [0.717, 1.165) is 0 Å². The summed E-state index contributed by atoms with van der Waals surface area (Å²) in [6.07, 6.45) is 3.24. The first-order chi connectivity index (χ1) is 8.86. The van der Waals surface area contributed by atoms with Gasteiger partial charge in [0.15, 0.2) is 0 Å². The van der Waals surface area contributed by atoms with Gasteiger partial charge in [-0.05, 0) is 18.2 Å². The Morgan fingerprint density at radius 1 is 1.33 bits per heavy atom. The van der Waals surface area contributed by atoms with E-state index in [1.165, 1.54) is 0 Å². The topological polar surface area (TPSA) is 91.4 Å². The van der Waals surface area contributed by atoms with Gasteiger partial charge in [0.1, 0.15) is 17.5 Å². The molecule has 3 rings (SSSR count). The molecule has 3 aromatic heterocycles. The van der Waals surface area contributed by atoms with Crippen molar-refractivity contribution in [1.82, 2.24) is 20.1 Å². The number of aromatic amines is 1. The number of hydrogen-bond donors (Lipinski definition) is 1. The van der Waals surface area contributed by atoms with E-state index in [2.05, 4.69) is 20.1 Å². The summed E-state index contributed by atoms with van der Waals surface area (Å²) in [5.74, 6) is 0.746. The summed E-state index contributed by atoms with van der Waals surface area (Å²) < 4.78 is 5.12. The predicted octanol–water partition coefficient (Wildman–Crippen LogP) is 2.00. The van der Waals surface area contributed by atoms with Crippen LogP contribution in [0, 0.1) is 11.3 Å². The van der Waals surface area contributed by atoms with Gasteiger partial charge in [-0.2, -0.15) is 10.2 Å². The van der Waals surface area contributed by atoms with Gasteiger partial charge < -0.3 is 9.51 Å². The molecule has 0 saturated heterocycles. The van der Waals surface area contributed by atoms with E-state index in [0.29, 0.717) is 28.7 Å². The van der Waals surface area contributed by atoms with Crippen LogP contribution < -0.4 is 0 Å². The normalized spacial score (nSPS) is 10.2. The number of nitrogens with zero attached hydrogens (tertiary/aromatic N) is 4. The van der Waals surface area contributed by atoms with Gasteiger partial charge in [-0.25, -0.2) is 0 Å². The van der Waals surface area contributed by atoms with E-state index in [4.69, 9.17) is 9.78 Å². The molecule has 18 heavy (non-hydrogen) atoms. The van der Waals surface area contributed by atoms with Crippen LogP contribution in [0.1, 0.15) is 5.56 Å². The molecule has 0 aliphatic heterocycles. The largest absolute Gasteiger partial charge is 0.356 e. The number of H-pyrrole nitrogens is 1. The first-order valence-corrected chi connectivity index (χ1v) is 5.21. The van der Waals surface area contributed by atoms with Crippen molar-refractivity contribution in [3.8, 4) is 29.2 Å². The van der Waals surface area contributed by atoms with Gasteiger partial charge in [0.25, 0.3) is 5.89 Å². The Balaban J connectivity index is 1.97. The van der Waals surface area contributed by atoms with Crippen molar-refractivity contribution in [2.75, 3.05) is 0 Å². The maximum Gasteiger partial charge on any atom is 0.274 e. The zero-order valence-electron chi connectivity index (χ0n) is 9.16. The van der Waals surface area contributed by atoms with Crippen molar-refractivity contribution >= 4 is 0 Å². The van der Waals surface area contributed by atoms with Crippen LogP contribution in [-0.4, -0.2) is 20.1 Å². The number of rotatable bonds is 2. The van der Waals surface area contributed by atoms with Gasteiger partial charge >= 0.3 is 0 Å². The van der Waals surface area contributed by atoms with Gasteiger partial charge in [-0.1, -0.05) is 11.2 Å². The summed E-state index contributed by atoms with van der Waals surface area (Å²) in [5.41, 5.74) is 1.77. The summed E-state index contributed by atoms with van der Waals surface area (Å²) >= 11 is 0. The fourth-order valence-electron chi connectivity index (χ4n) is 1.51. The van der Waals surface area contributed by atoms with Crippen LogP contribution in [0.15, 0.2) is 41.2 Å². The average molecular weight is 237 g/mol. The van der Waals surface area contributed by atoms with Crippen LogP contribution in [0.3, 0.4) is 0 Å². The van der Waals surface area contributed by atoms with Crippen molar-refractivity contribution in [3.05, 3.63) is 42.2 Å². The van der Waals surface area contributed by atoms with Crippen molar-refractivity contribution in [2.45, 2.75) is 0 Å². The Morgan fingerprint density at radius 3 is 3.00 bits per heavy atom. The molecule has 0 spiro atoms. The number of nitrogens with one attached hydrogen (secondary N) is 1. The molecule has 0 fully saturated rings.